The number of rotatable bonds is 1. The van der Waals surface area contributed by atoms with Crippen molar-refractivity contribution < 1.29 is 29.2 Å². The van der Waals surface area contributed by atoms with Gasteiger partial charge in [-0.25, -0.2) is 4.79 Å². The van der Waals surface area contributed by atoms with Gasteiger partial charge in [-0.1, -0.05) is 0 Å². The number of hydrogen-bond donors (Lipinski definition) is 2. The maximum atomic E-state index is 11.3. The van der Waals surface area contributed by atoms with Crippen molar-refractivity contribution in [2.45, 2.75) is 57.1 Å². The standard InChI is InChI=1S/C10H16O6/c1-4(11)6-8-7(5(12)9(13)14-6)15-10(2,3)16-8/h4-8,11-12H,1-3H3/t4-,5-,6-,7-,8+/m0/s1. The van der Waals surface area contributed by atoms with Crippen LogP contribution in [0.25, 0.3) is 0 Å². The van der Waals surface area contributed by atoms with Crippen LogP contribution in [0.2, 0.25) is 0 Å². The molecule has 0 aromatic heterocycles. The molecule has 2 N–H and O–H groups in total. The lowest BCUT2D eigenvalue weighted by Gasteiger charge is -2.34. The van der Waals surface area contributed by atoms with Crippen molar-refractivity contribution in [3.05, 3.63) is 0 Å². The van der Waals surface area contributed by atoms with E-state index < -0.39 is 42.3 Å². The third-order valence-corrected chi connectivity index (χ3v) is 2.77. The molecule has 2 aliphatic rings. The van der Waals surface area contributed by atoms with Gasteiger partial charge in [0.25, 0.3) is 0 Å². The summed E-state index contributed by atoms with van der Waals surface area (Å²) in [7, 11) is 0. The Kier molecular flexibility index (Phi) is 2.70. The Morgan fingerprint density at radius 3 is 2.44 bits per heavy atom. The minimum Gasteiger partial charge on any atom is -0.455 e. The van der Waals surface area contributed by atoms with E-state index in [-0.39, 0.29) is 0 Å². The van der Waals surface area contributed by atoms with E-state index in [0.29, 0.717) is 0 Å². The zero-order chi connectivity index (χ0) is 12.1. The van der Waals surface area contributed by atoms with Crippen LogP contribution in [0.3, 0.4) is 0 Å². The van der Waals surface area contributed by atoms with Crippen LogP contribution in [0.5, 0.6) is 0 Å². The van der Waals surface area contributed by atoms with Crippen molar-refractivity contribution in [3.63, 3.8) is 0 Å². The molecule has 5 atom stereocenters. The fraction of sp³-hybridized carbons (Fsp3) is 0.900. The van der Waals surface area contributed by atoms with E-state index in [0.717, 1.165) is 0 Å². The highest BCUT2D eigenvalue weighted by Gasteiger charge is 2.56. The van der Waals surface area contributed by atoms with Crippen LogP contribution in [0.1, 0.15) is 20.8 Å². The predicted molar refractivity (Wildman–Crippen MR) is 51.4 cm³/mol. The third kappa shape index (κ3) is 1.82. The Hall–Kier alpha value is -0.690. The Morgan fingerprint density at radius 1 is 1.31 bits per heavy atom. The van der Waals surface area contributed by atoms with Gasteiger partial charge in [-0.2, -0.15) is 0 Å². The number of carbonyl (C=O) groups is 1. The van der Waals surface area contributed by atoms with Crippen molar-refractivity contribution in [2.75, 3.05) is 0 Å². The molecule has 0 aromatic rings. The number of esters is 1. The molecule has 92 valence electrons. The lowest BCUT2D eigenvalue weighted by molar-refractivity contribution is -0.196. The minimum atomic E-state index is -1.36. The topological polar surface area (TPSA) is 85.2 Å². The molecular weight excluding hydrogens is 216 g/mol. The molecule has 16 heavy (non-hydrogen) atoms. The second-order valence-electron chi connectivity index (χ2n) is 4.65. The van der Waals surface area contributed by atoms with Gasteiger partial charge < -0.3 is 24.4 Å². The van der Waals surface area contributed by atoms with Crippen molar-refractivity contribution in [3.8, 4) is 0 Å². The van der Waals surface area contributed by atoms with Crippen molar-refractivity contribution in [1.29, 1.82) is 0 Å². The van der Waals surface area contributed by atoms with Crippen LogP contribution >= 0.6 is 0 Å². The summed E-state index contributed by atoms with van der Waals surface area (Å²) in [6.45, 7) is 4.87. The molecule has 0 radical (unpaired) electrons. The third-order valence-electron chi connectivity index (χ3n) is 2.77. The highest BCUT2D eigenvalue weighted by Crippen LogP contribution is 2.36. The summed E-state index contributed by atoms with van der Waals surface area (Å²) < 4.78 is 15.9. The quantitative estimate of drug-likeness (QED) is 0.574. The number of carbonyl (C=O) groups excluding carboxylic acids is 1. The zero-order valence-corrected chi connectivity index (χ0v) is 9.41. The highest BCUT2D eigenvalue weighted by molar-refractivity contribution is 5.76. The number of ether oxygens (including phenoxy) is 3. The van der Waals surface area contributed by atoms with Crippen LogP contribution < -0.4 is 0 Å². The van der Waals surface area contributed by atoms with Crippen LogP contribution in [0, 0.1) is 0 Å². The van der Waals surface area contributed by atoms with Crippen LogP contribution in [-0.4, -0.2) is 52.5 Å². The first-order chi connectivity index (χ1) is 7.32. The summed E-state index contributed by atoms with van der Waals surface area (Å²) in [6, 6.07) is 0. The molecular formula is C10H16O6. The zero-order valence-electron chi connectivity index (χ0n) is 9.41. The van der Waals surface area contributed by atoms with Crippen LogP contribution in [0.4, 0.5) is 0 Å². The van der Waals surface area contributed by atoms with E-state index >= 15 is 0 Å². The summed E-state index contributed by atoms with van der Waals surface area (Å²) in [5.74, 6) is -1.68. The minimum absolute atomic E-state index is 0.636. The predicted octanol–water partition coefficient (Wildman–Crippen LogP) is -0.826. The highest BCUT2D eigenvalue weighted by atomic mass is 16.8. The molecule has 0 bridgehead atoms. The summed E-state index contributed by atoms with van der Waals surface area (Å²) in [6.07, 6.45) is -4.45. The van der Waals surface area contributed by atoms with Crippen molar-refractivity contribution in [2.24, 2.45) is 0 Å². The summed E-state index contributed by atoms with van der Waals surface area (Å²) in [5.41, 5.74) is 0. The molecule has 6 heteroatoms. The average molecular weight is 232 g/mol. The van der Waals surface area contributed by atoms with E-state index in [2.05, 4.69) is 0 Å². The fourth-order valence-electron chi connectivity index (χ4n) is 2.09. The van der Waals surface area contributed by atoms with E-state index in [9.17, 15) is 15.0 Å². The first-order valence-corrected chi connectivity index (χ1v) is 5.24. The van der Waals surface area contributed by atoms with Crippen LogP contribution in [0.15, 0.2) is 0 Å². The largest absolute Gasteiger partial charge is 0.455 e. The van der Waals surface area contributed by atoms with Crippen molar-refractivity contribution >= 4 is 5.97 Å². The van der Waals surface area contributed by atoms with Gasteiger partial charge >= 0.3 is 5.97 Å². The number of fused-ring (bicyclic) bond motifs is 1. The molecule has 0 amide bonds. The summed E-state index contributed by atoms with van der Waals surface area (Å²) in [4.78, 5) is 11.3. The number of aliphatic hydroxyl groups is 2. The molecule has 0 aromatic carbocycles. The molecule has 2 saturated heterocycles. The Morgan fingerprint density at radius 2 is 1.88 bits per heavy atom. The molecule has 0 spiro atoms. The second kappa shape index (κ2) is 3.66. The molecule has 2 aliphatic heterocycles. The monoisotopic (exact) mass is 232 g/mol. The number of cyclic esters (lactones) is 1. The maximum Gasteiger partial charge on any atom is 0.338 e. The Bertz CT molecular complexity index is 300. The van der Waals surface area contributed by atoms with Gasteiger partial charge in [0.15, 0.2) is 18.0 Å². The molecule has 2 heterocycles. The number of hydrogen-bond acceptors (Lipinski definition) is 6. The fourth-order valence-corrected chi connectivity index (χ4v) is 2.09. The first-order valence-electron chi connectivity index (χ1n) is 5.24. The van der Waals surface area contributed by atoms with Gasteiger partial charge in [0, 0.05) is 0 Å². The van der Waals surface area contributed by atoms with Gasteiger partial charge in [-0.15, -0.1) is 0 Å². The van der Waals surface area contributed by atoms with Crippen LogP contribution in [-0.2, 0) is 19.0 Å². The SMILES string of the molecule is C[C@H](O)[C@@H]1OC(=O)[C@@H](O)[C@@H]2OC(C)(C)O[C@H]12. The van der Waals surface area contributed by atoms with Gasteiger partial charge in [-0.05, 0) is 20.8 Å². The lowest BCUT2D eigenvalue weighted by Crippen LogP contribution is -2.57. The molecule has 0 unspecified atom stereocenters. The number of aliphatic hydroxyl groups excluding tert-OH is 2. The van der Waals surface area contributed by atoms with Gasteiger partial charge in [0.1, 0.15) is 12.2 Å². The van der Waals surface area contributed by atoms with E-state index in [4.69, 9.17) is 14.2 Å². The molecule has 0 aliphatic carbocycles. The summed E-state index contributed by atoms with van der Waals surface area (Å²) >= 11 is 0. The smallest absolute Gasteiger partial charge is 0.338 e. The molecule has 6 nitrogen and oxygen atoms in total. The molecule has 2 fully saturated rings. The molecule has 0 saturated carbocycles. The lowest BCUT2D eigenvalue weighted by atomic mass is 9.97. The van der Waals surface area contributed by atoms with Gasteiger partial charge in [0.2, 0.25) is 0 Å². The first kappa shape index (κ1) is 11.8. The van der Waals surface area contributed by atoms with E-state index in [1.54, 1.807) is 13.8 Å². The molecule has 2 rings (SSSR count). The Labute approximate surface area is 93.1 Å². The van der Waals surface area contributed by atoms with Gasteiger partial charge in [-0.3, -0.25) is 0 Å². The average Bonchev–Trinajstić information content (AvgIpc) is 2.47. The second-order valence-corrected chi connectivity index (χ2v) is 4.65. The maximum absolute atomic E-state index is 11.3. The van der Waals surface area contributed by atoms with E-state index in [1.807, 2.05) is 0 Å². The summed E-state index contributed by atoms with van der Waals surface area (Å²) in [5, 5.41) is 19.1. The normalized spacial score (nSPS) is 43.7. The van der Waals surface area contributed by atoms with E-state index in [1.165, 1.54) is 6.92 Å². The van der Waals surface area contributed by atoms with Crippen molar-refractivity contribution in [1.82, 2.24) is 0 Å². The Balaban J connectivity index is 2.25. The van der Waals surface area contributed by atoms with Gasteiger partial charge in [0.05, 0.1) is 6.10 Å².